The van der Waals surface area contributed by atoms with Gasteiger partial charge in [-0.3, -0.25) is 9.59 Å². The Labute approximate surface area is 136 Å². The minimum atomic E-state index is -0.367. The molecular weight excluding hydrogens is 290 g/mol. The number of hydrogen-bond acceptors (Lipinski definition) is 3. The minimum Gasteiger partial charge on any atom is -0.455 e. The molecule has 0 saturated carbocycles. The summed E-state index contributed by atoms with van der Waals surface area (Å²) in [5, 5.41) is 0. The zero-order chi connectivity index (χ0) is 16.7. The van der Waals surface area contributed by atoms with Crippen molar-refractivity contribution in [2.75, 3.05) is 18.6 Å². The Morgan fingerprint density at radius 3 is 2.13 bits per heavy atom. The summed E-state index contributed by atoms with van der Waals surface area (Å²) in [6, 6.07) is 18.7. The quantitative estimate of drug-likeness (QED) is 0.768. The van der Waals surface area contributed by atoms with Gasteiger partial charge in [0.1, 0.15) is 0 Å². The van der Waals surface area contributed by atoms with E-state index in [-0.39, 0.29) is 24.4 Å². The van der Waals surface area contributed by atoms with Crippen molar-refractivity contribution in [3.63, 3.8) is 0 Å². The number of amides is 1. The van der Waals surface area contributed by atoms with E-state index in [4.69, 9.17) is 4.74 Å². The topological polar surface area (TPSA) is 46.6 Å². The molecule has 23 heavy (non-hydrogen) atoms. The van der Waals surface area contributed by atoms with Crippen LogP contribution in [0.4, 0.5) is 5.69 Å². The van der Waals surface area contributed by atoms with Crippen LogP contribution in [0.1, 0.15) is 24.8 Å². The maximum absolute atomic E-state index is 12.2. The highest BCUT2D eigenvalue weighted by Crippen LogP contribution is 2.21. The van der Waals surface area contributed by atoms with Crippen LogP contribution in [0.3, 0.4) is 0 Å². The zero-order valence-corrected chi connectivity index (χ0v) is 13.4. The van der Waals surface area contributed by atoms with Gasteiger partial charge < -0.3 is 9.64 Å². The number of rotatable bonds is 6. The van der Waals surface area contributed by atoms with Crippen molar-refractivity contribution in [1.82, 2.24) is 0 Å². The number of para-hydroxylation sites is 1. The molecule has 0 unspecified atom stereocenters. The molecule has 2 rings (SSSR count). The lowest BCUT2D eigenvalue weighted by Gasteiger charge is -2.19. The van der Waals surface area contributed by atoms with Crippen LogP contribution in [-0.2, 0) is 14.3 Å². The highest BCUT2D eigenvalue weighted by atomic mass is 16.5. The van der Waals surface area contributed by atoms with Crippen molar-refractivity contribution >= 4 is 17.6 Å². The molecule has 0 aliphatic rings. The van der Waals surface area contributed by atoms with Gasteiger partial charge in [0.05, 0.1) is 5.92 Å². The van der Waals surface area contributed by atoms with E-state index in [1.165, 1.54) is 4.90 Å². The first-order valence-electron chi connectivity index (χ1n) is 7.66. The van der Waals surface area contributed by atoms with Crippen molar-refractivity contribution < 1.29 is 14.3 Å². The number of likely N-dealkylation sites (N-methyl/N-ethyl adjacent to an activating group) is 1. The molecule has 4 heteroatoms. The normalized spacial score (nSPS) is 11.6. The van der Waals surface area contributed by atoms with Gasteiger partial charge in [0, 0.05) is 12.7 Å². The van der Waals surface area contributed by atoms with E-state index in [1.54, 1.807) is 7.05 Å². The SMILES string of the molecule is CC[C@H](C(=O)OCC(=O)N(C)c1ccccc1)c1ccccc1. The molecule has 1 atom stereocenters. The van der Waals surface area contributed by atoms with Crippen LogP contribution in [0, 0.1) is 0 Å². The average molecular weight is 311 g/mol. The lowest BCUT2D eigenvalue weighted by molar-refractivity contribution is -0.149. The molecule has 0 bridgehead atoms. The van der Waals surface area contributed by atoms with Crippen LogP contribution >= 0.6 is 0 Å². The number of anilines is 1. The second-order valence-electron chi connectivity index (χ2n) is 5.27. The molecule has 0 spiro atoms. The fraction of sp³-hybridized carbons (Fsp3) is 0.263. The third-order valence-corrected chi connectivity index (χ3v) is 3.75. The smallest absolute Gasteiger partial charge is 0.313 e. The van der Waals surface area contributed by atoms with Crippen molar-refractivity contribution in [2.24, 2.45) is 0 Å². The highest BCUT2D eigenvalue weighted by molar-refractivity contribution is 5.95. The Hall–Kier alpha value is -2.62. The predicted octanol–water partition coefficient (Wildman–Crippen LogP) is 3.39. The molecule has 0 aliphatic carbocycles. The molecule has 0 fully saturated rings. The van der Waals surface area contributed by atoms with Crippen LogP contribution in [0.5, 0.6) is 0 Å². The summed E-state index contributed by atoms with van der Waals surface area (Å²) in [7, 11) is 1.67. The van der Waals surface area contributed by atoms with Gasteiger partial charge >= 0.3 is 5.97 Å². The molecule has 0 saturated heterocycles. The van der Waals surface area contributed by atoms with Crippen LogP contribution in [0.15, 0.2) is 60.7 Å². The molecule has 0 radical (unpaired) electrons. The zero-order valence-electron chi connectivity index (χ0n) is 13.4. The third kappa shape index (κ3) is 4.42. The van der Waals surface area contributed by atoms with E-state index >= 15 is 0 Å². The molecule has 4 nitrogen and oxygen atoms in total. The summed E-state index contributed by atoms with van der Waals surface area (Å²) in [4.78, 5) is 25.9. The predicted molar refractivity (Wildman–Crippen MR) is 90.3 cm³/mol. The van der Waals surface area contributed by atoms with E-state index in [9.17, 15) is 9.59 Å². The van der Waals surface area contributed by atoms with Crippen LogP contribution in [0.25, 0.3) is 0 Å². The second-order valence-corrected chi connectivity index (χ2v) is 5.27. The highest BCUT2D eigenvalue weighted by Gasteiger charge is 2.22. The van der Waals surface area contributed by atoms with Crippen LogP contribution in [-0.4, -0.2) is 25.5 Å². The van der Waals surface area contributed by atoms with Gasteiger partial charge in [-0.1, -0.05) is 55.5 Å². The number of benzene rings is 2. The number of nitrogens with zero attached hydrogens (tertiary/aromatic N) is 1. The van der Waals surface area contributed by atoms with Crippen molar-refractivity contribution in [1.29, 1.82) is 0 Å². The maximum atomic E-state index is 12.2. The van der Waals surface area contributed by atoms with Gasteiger partial charge in [0.15, 0.2) is 6.61 Å². The molecule has 0 heterocycles. The Morgan fingerprint density at radius 1 is 1.00 bits per heavy atom. The van der Waals surface area contributed by atoms with E-state index in [0.29, 0.717) is 6.42 Å². The molecular formula is C19H21NO3. The van der Waals surface area contributed by atoms with E-state index in [1.807, 2.05) is 67.6 Å². The monoisotopic (exact) mass is 311 g/mol. The van der Waals surface area contributed by atoms with Gasteiger partial charge in [-0.15, -0.1) is 0 Å². The number of hydrogen-bond donors (Lipinski definition) is 0. The average Bonchev–Trinajstić information content (AvgIpc) is 2.61. The van der Waals surface area contributed by atoms with Gasteiger partial charge in [-0.25, -0.2) is 0 Å². The number of ether oxygens (including phenoxy) is 1. The number of carbonyl (C=O) groups is 2. The first-order valence-corrected chi connectivity index (χ1v) is 7.66. The van der Waals surface area contributed by atoms with Crippen LogP contribution in [0.2, 0.25) is 0 Å². The van der Waals surface area contributed by atoms with Gasteiger partial charge in [0.25, 0.3) is 5.91 Å². The summed E-state index contributed by atoms with van der Waals surface area (Å²) in [5.74, 6) is -0.966. The fourth-order valence-electron chi connectivity index (χ4n) is 2.35. The third-order valence-electron chi connectivity index (χ3n) is 3.75. The van der Waals surface area contributed by atoms with Crippen molar-refractivity contribution in [2.45, 2.75) is 19.3 Å². The lowest BCUT2D eigenvalue weighted by atomic mass is 9.97. The second kappa shape index (κ2) is 8.13. The van der Waals surface area contributed by atoms with Crippen LogP contribution < -0.4 is 4.90 Å². The van der Waals surface area contributed by atoms with E-state index < -0.39 is 0 Å². The van der Waals surface area contributed by atoms with E-state index in [2.05, 4.69) is 0 Å². The van der Waals surface area contributed by atoms with Gasteiger partial charge in [-0.2, -0.15) is 0 Å². The Bertz CT molecular complexity index is 640. The lowest BCUT2D eigenvalue weighted by Crippen LogP contribution is -2.31. The summed E-state index contributed by atoms with van der Waals surface area (Å²) >= 11 is 0. The standard InChI is InChI=1S/C19H21NO3/c1-3-17(15-10-6-4-7-11-15)19(22)23-14-18(21)20(2)16-12-8-5-9-13-16/h4-13,17H,3,14H2,1-2H3/t17-/m0/s1. The molecule has 2 aromatic rings. The van der Waals surface area contributed by atoms with Crippen molar-refractivity contribution in [3.8, 4) is 0 Å². The molecule has 1 amide bonds. The summed E-state index contributed by atoms with van der Waals surface area (Å²) in [5.41, 5.74) is 1.67. The molecule has 2 aromatic carbocycles. The number of esters is 1. The fourth-order valence-corrected chi connectivity index (χ4v) is 2.35. The molecule has 0 aliphatic heterocycles. The van der Waals surface area contributed by atoms with Gasteiger partial charge in [0.2, 0.25) is 0 Å². The van der Waals surface area contributed by atoms with Gasteiger partial charge in [-0.05, 0) is 24.1 Å². The summed E-state index contributed by atoms with van der Waals surface area (Å²) in [6.45, 7) is 1.67. The van der Waals surface area contributed by atoms with Crippen molar-refractivity contribution in [3.05, 3.63) is 66.2 Å². The molecule has 0 N–H and O–H groups in total. The Balaban J connectivity index is 1.94. The Kier molecular flexibility index (Phi) is 5.92. The number of carbonyl (C=O) groups excluding carboxylic acids is 2. The maximum Gasteiger partial charge on any atom is 0.313 e. The molecule has 120 valence electrons. The summed E-state index contributed by atoms with van der Waals surface area (Å²) < 4.78 is 5.22. The Morgan fingerprint density at radius 2 is 1.57 bits per heavy atom. The molecule has 0 aromatic heterocycles. The first-order chi connectivity index (χ1) is 11.1. The van der Waals surface area contributed by atoms with E-state index in [0.717, 1.165) is 11.3 Å². The minimum absolute atomic E-state index is 0.256. The first kappa shape index (κ1) is 16.7. The summed E-state index contributed by atoms with van der Waals surface area (Å²) in [6.07, 6.45) is 0.631. The largest absolute Gasteiger partial charge is 0.455 e.